The van der Waals surface area contributed by atoms with Crippen LogP contribution in [-0.4, -0.2) is 36.2 Å². The molecular weight excluding hydrogens is 394 g/mol. The third-order valence-corrected chi connectivity index (χ3v) is 5.04. The molecule has 0 spiro atoms. The quantitative estimate of drug-likeness (QED) is 0.414. The van der Waals surface area contributed by atoms with Crippen LogP contribution >= 0.6 is 0 Å². The average molecular weight is 419 g/mol. The number of likely N-dealkylation sites (N-methyl/N-ethyl adjacent to an activating group) is 1. The van der Waals surface area contributed by atoms with Gasteiger partial charge in [0.15, 0.2) is 12.4 Å². The van der Waals surface area contributed by atoms with Gasteiger partial charge in [0.1, 0.15) is 5.76 Å². The number of aryl methyl sites for hydroxylation is 2. The zero-order valence-corrected chi connectivity index (χ0v) is 18.1. The van der Waals surface area contributed by atoms with E-state index >= 15 is 0 Å². The van der Waals surface area contributed by atoms with Crippen LogP contribution in [0.3, 0.4) is 0 Å². The van der Waals surface area contributed by atoms with Crippen molar-refractivity contribution in [3.63, 3.8) is 0 Å². The maximum Gasteiger partial charge on any atom is 0.374 e. The van der Waals surface area contributed by atoms with Gasteiger partial charge in [0, 0.05) is 24.7 Å². The van der Waals surface area contributed by atoms with Gasteiger partial charge in [-0.1, -0.05) is 48.0 Å². The minimum Gasteiger partial charge on any atom is -0.450 e. The summed E-state index contributed by atoms with van der Waals surface area (Å²) in [5.41, 5.74) is 4.64. The standard InChI is InChI=1S/C25H25NO5/c1-16-5-6-21(17(2)13-16)14-26(4)24(28)15-30-25(29)23-12-11-22(31-23)20-9-7-19(8-10-20)18(3)27/h5-13H,14-15H2,1-4H3. The van der Waals surface area contributed by atoms with Crippen molar-refractivity contribution in [2.24, 2.45) is 0 Å². The molecule has 1 aromatic heterocycles. The van der Waals surface area contributed by atoms with Gasteiger partial charge in [-0.25, -0.2) is 4.79 Å². The fourth-order valence-corrected chi connectivity index (χ4v) is 3.15. The highest BCUT2D eigenvalue weighted by molar-refractivity contribution is 5.94. The van der Waals surface area contributed by atoms with Crippen molar-refractivity contribution in [3.05, 3.63) is 82.6 Å². The summed E-state index contributed by atoms with van der Waals surface area (Å²) < 4.78 is 10.7. The van der Waals surface area contributed by atoms with Gasteiger partial charge in [0.2, 0.25) is 5.76 Å². The Hall–Kier alpha value is -3.67. The molecule has 0 radical (unpaired) electrons. The Labute approximate surface area is 181 Å². The van der Waals surface area contributed by atoms with Crippen molar-refractivity contribution in [2.45, 2.75) is 27.3 Å². The molecule has 6 nitrogen and oxygen atoms in total. The van der Waals surface area contributed by atoms with E-state index in [4.69, 9.17) is 9.15 Å². The lowest BCUT2D eigenvalue weighted by Crippen LogP contribution is -2.31. The first-order valence-corrected chi connectivity index (χ1v) is 9.93. The molecule has 1 heterocycles. The molecule has 0 aliphatic carbocycles. The van der Waals surface area contributed by atoms with Gasteiger partial charge in [-0.2, -0.15) is 0 Å². The van der Waals surface area contributed by atoms with E-state index in [2.05, 4.69) is 6.07 Å². The summed E-state index contributed by atoms with van der Waals surface area (Å²) in [6, 6.07) is 16.1. The van der Waals surface area contributed by atoms with E-state index in [-0.39, 0.29) is 24.1 Å². The lowest BCUT2D eigenvalue weighted by Gasteiger charge is -2.18. The van der Waals surface area contributed by atoms with Crippen molar-refractivity contribution in [1.29, 1.82) is 0 Å². The van der Waals surface area contributed by atoms with Gasteiger partial charge in [-0.05, 0) is 44.0 Å². The average Bonchev–Trinajstić information content (AvgIpc) is 3.24. The summed E-state index contributed by atoms with van der Waals surface area (Å²) in [6.45, 7) is 5.58. The Morgan fingerprint density at radius 1 is 0.968 bits per heavy atom. The molecule has 1 amide bonds. The first-order chi connectivity index (χ1) is 14.7. The highest BCUT2D eigenvalue weighted by atomic mass is 16.5. The molecular formula is C25H25NO5. The van der Waals surface area contributed by atoms with Gasteiger partial charge >= 0.3 is 5.97 Å². The van der Waals surface area contributed by atoms with Gasteiger partial charge < -0.3 is 14.1 Å². The topological polar surface area (TPSA) is 76.8 Å². The normalized spacial score (nSPS) is 10.6. The number of rotatable bonds is 7. The monoisotopic (exact) mass is 419 g/mol. The molecule has 0 atom stereocenters. The van der Waals surface area contributed by atoms with E-state index in [0.29, 0.717) is 17.9 Å². The molecule has 0 aliphatic rings. The molecule has 31 heavy (non-hydrogen) atoms. The van der Waals surface area contributed by atoms with Crippen LogP contribution in [-0.2, 0) is 16.1 Å². The number of benzene rings is 2. The summed E-state index contributed by atoms with van der Waals surface area (Å²) in [7, 11) is 1.67. The largest absolute Gasteiger partial charge is 0.450 e. The maximum absolute atomic E-state index is 12.4. The number of furan rings is 1. The van der Waals surface area contributed by atoms with Crippen LogP contribution in [0.5, 0.6) is 0 Å². The third kappa shape index (κ3) is 5.48. The predicted octanol–water partition coefficient (Wildman–Crippen LogP) is 4.58. The van der Waals surface area contributed by atoms with Crippen molar-refractivity contribution in [1.82, 2.24) is 4.90 Å². The molecule has 0 fully saturated rings. The maximum atomic E-state index is 12.4. The second-order valence-corrected chi connectivity index (χ2v) is 7.55. The van der Waals surface area contributed by atoms with Crippen LogP contribution in [0.15, 0.2) is 59.0 Å². The number of hydrogen-bond acceptors (Lipinski definition) is 5. The second-order valence-electron chi connectivity index (χ2n) is 7.55. The Morgan fingerprint density at radius 3 is 2.32 bits per heavy atom. The van der Waals surface area contributed by atoms with Gasteiger partial charge in [-0.15, -0.1) is 0 Å². The smallest absolute Gasteiger partial charge is 0.374 e. The number of ketones is 1. The third-order valence-electron chi connectivity index (χ3n) is 5.04. The molecule has 0 N–H and O–H groups in total. The number of nitrogens with zero attached hydrogens (tertiary/aromatic N) is 1. The van der Waals surface area contributed by atoms with E-state index in [1.807, 2.05) is 26.0 Å². The van der Waals surface area contributed by atoms with Crippen molar-refractivity contribution >= 4 is 17.7 Å². The van der Waals surface area contributed by atoms with Crippen LogP contribution in [0, 0.1) is 13.8 Å². The molecule has 3 aromatic rings. The SMILES string of the molecule is CC(=O)c1ccc(-c2ccc(C(=O)OCC(=O)N(C)Cc3ccc(C)cc3C)o2)cc1. The van der Waals surface area contributed by atoms with E-state index in [1.54, 1.807) is 37.4 Å². The van der Waals surface area contributed by atoms with E-state index < -0.39 is 5.97 Å². The molecule has 0 aliphatic heterocycles. The first-order valence-electron chi connectivity index (χ1n) is 9.93. The summed E-state index contributed by atoms with van der Waals surface area (Å²) in [4.78, 5) is 37.5. The molecule has 160 valence electrons. The number of carbonyl (C=O) groups excluding carboxylic acids is 3. The molecule has 3 rings (SSSR count). The molecule has 0 bridgehead atoms. The van der Waals surface area contributed by atoms with Crippen molar-refractivity contribution in [2.75, 3.05) is 13.7 Å². The number of ether oxygens (including phenoxy) is 1. The minimum atomic E-state index is -0.708. The number of Topliss-reactive ketones (excluding diaryl/α,β-unsaturated/α-hetero) is 1. The second kappa shape index (κ2) is 9.43. The van der Waals surface area contributed by atoms with Crippen molar-refractivity contribution in [3.8, 4) is 11.3 Å². The summed E-state index contributed by atoms with van der Waals surface area (Å²) >= 11 is 0. The Balaban J connectivity index is 1.56. The molecule has 0 saturated heterocycles. The summed E-state index contributed by atoms with van der Waals surface area (Å²) in [5, 5.41) is 0. The highest BCUT2D eigenvalue weighted by Crippen LogP contribution is 2.23. The lowest BCUT2D eigenvalue weighted by atomic mass is 10.1. The highest BCUT2D eigenvalue weighted by Gasteiger charge is 2.18. The number of esters is 1. The molecule has 0 unspecified atom stereocenters. The fourth-order valence-electron chi connectivity index (χ4n) is 3.15. The predicted molar refractivity (Wildman–Crippen MR) is 117 cm³/mol. The Morgan fingerprint density at radius 2 is 1.68 bits per heavy atom. The van der Waals surface area contributed by atoms with E-state index in [9.17, 15) is 14.4 Å². The van der Waals surface area contributed by atoms with Gasteiger partial charge in [0.05, 0.1) is 0 Å². The van der Waals surface area contributed by atoms with Gasteiger partial charge in [-0.3, -0.25) is 9.59 Å². The fraction of sp³-hybridized carbons (Fsp3) is 0.240. The lowest BCUT2D eigenvalue weighted by molar-refractivity contribution is -0.133. The van der Waals surface area contributed by atoms with E-state index in [0.717, 1.165) is 22.3 Å². The molecule has 0 saturated carbocycles. The Bertz CT molecular complexity index is 1110. The summed E-state index contributed by atoms with van der Waals surface area (Å²) in [6.07, 6.45) is 0. The van der Waals surface area contributed by atoms with Crippen LogP contribution in [0.25, 0.3) is 11.3 Å². The van der Waals surface area contributed by atoms with Crippen LogP contribution in [0.4, 0.5) is 0 Å². The van der Waals surface area contributed by atoms with Crippen LogP contribution in [0.2, 0.25) is 0 Å². The van der Waals surface area contributed by atoms with Crippen molar-refractivity contribution < 1.29 is 23.5 Å². The first kappa shape index (κ1) is 22.0. The number of hydrogen-bond donors (Lipinski definition) is 0. The minimum absolute atomic E-state index is 0.00970. The van der Waals surface area contributed by atoms with E-state index in [1.165, 1.54) is 17.9 Å². The molecule has 6 heteroatoms. The number of amides is 1. The number of carbonyl (C=O) groups is 3. The summed E-state index contributed by atoms with van der Waals surface area (Å²) in [5.74, 6) is -0.557. The zero-order valence-electron chi connectivity index (χ0n) is 18.1. The zero-order chi connectivity index (χ0) is 22.5. The van der Waals surface area contributed by atoms with Crippen LogP contribution in [0.1, 0.15) is 44.5 Å². The molecule has 2 aromatic carbocycles. The van der Waals surface area contributed by atoms with Crippen LogP contribution < -0.4 is 0 Å². The Kier molecular flexibility index (Phi) is 6.70. The van der Waals surface area contributed by atoms with Gasteiger partial charge in [0.25, 0.3) is 5.91 Å².